The van der Waals surface area contributed by atoms with Crippen LogP contribution in [0, 0.1) is 0 Å². The van der Waals surface area contributed by atoms with Crippen molar-refractivity contribution in [2.75, 3.05) is 13.2 Å². The van der Waals surface area contributed by atoms with Crippen LogP contribution in [0.4, 0.5) is 0 Å². The number of esters is 1. The number of alkyl halides is 1. The molecule has 0 saturated carbocycles. The van der Waals surface area contributed by atoms with E-state index in [-0.39, 0.29) is 23.5 Å². The van der Waals surface area contributed by atoms with E-state index in [0.717, 1.165) is 30.2 Å². The zero-order valence-electron chi connectivity index (χ0n) is 17.2. The van der Waals surface area contributed by atoms with Crippen LogP contribution in [0.25, 0.3) is 0 Å². The van der Waals surface area contributed by atoms with Crippen LogP contribution in [0.5, 0.6) is 5.75 Å². The number of ether oxygens (including phenoxy) is 2. The summed E-state index contributed by atoms with van der Waals surface area (Å²) in [4.78, 5) is 16.9. The summed E-state index contributed by atoms with van der Waals surface area (Å²) < 4.78 is 23.5. The van der Waals surface area contributed by atoms with E-state index in [1.165, 1.54) is 0 Å². The lowest BCUT2D eigenvalue weighted by atomic mass is 10.2. The molecule has 31 heavy (non-hydrogen) atoms. The molecule has 1 heterocycles. The number of rotatable bonds is 6. The van der Waals surface area contributed by atoms with Gasteiger partial charge in [-0.05, 0) is 62.4 Å². The average Bonchev–Trinajstić information content (AvgIpc) is 2.77. The SMILES string of the molecule is CC(C)(I)C(=O)OCCOc1ccc([S+]2c3ccccc3S(=O)c3ccccc32)cc1. The summed E-state index contributed by atoms with van der Waals surface area (Å²) in [5.74, 6) is 0.472. The summed E-state index contributed by atoms with van der Waals surface area (Å²) in [5, 5.41) is 0. The molecule has 0 radical (unpaired) electrons. The molecule has 0 amide bonds. The molecule has 4 nitrogen and oxygen atoms in total. The van der Waals surface area contributed by atoms with Gasteiger partial charge in [0.25, 0.3) is 0 Å². The summed E-state index contributed by atoms with van der Waals surface area (Å²) in [6, 6.07) is 23.9. The monoisotopic (exact) mass is 565 g/mol. The quantitative estimate of drug-likeness (QED) is 0.103. The normalized spacial score (nSPS) is 17.4. The molecule has 3 aromatic rings. The third-order valence-corrected chi connectivity index (χ3v) is 9.21. The van der Waals surface area contributed by atoms with Gasteiger partial charge in [-0.2, -0.15) is 0 Å². The van der Waals surface area contributed by atoms with Crippen LogP contribution < -0.4 is 4.74 Å². The number of hydrogen-bond acceptors (Lipinski definition) is 4. The van der Waals surface area contributed by atoms with Crippen molar-refractivity contribution in [3.63, 3.8) is 0 Å². The molecule has 0 unspecified atom stereocenters. The number of carbonyl (C=O) groups is 1. The molecule has 4 rings (SSSR count). The van der Waals surface area contributed by atoms with Crippen LogP contribution in [-0.4, -0.2) is 26.8 Å². The Morgan fingerprint density at radius 3 is 2.00 bits per heavy atom. The van der Waals surface area contributed by atoms with Gasteiger partial charge in [-0.15, -0.1) is 0 Å². The van der Waals surface area contributed by atoms with Crippen LogP contribution in [0.15, 0.2) is 97.3 Å². The molecule has 3 aromatic carbocycles. The Bertz CT molecular complexity index is 1070. The van der Waals surface area contributed by atoms with Crippen LogP contribution in [0.1, 0.15) is 13.8 Å². The minimum atomic E-state index is -1.16. The predicted molar refractivity (Wildman–Crippen MR) is 131 cm³/mol. The summed E-state index contributed by atoms with van der Waals surface area (Å²) >= 11 is 2.06. The van der Waals surface area contributed by atoms with E-state index in [1.54, 1.807) is 0 Å². The van der Waals surface area contributed by atoms with Gasteiger partial charge in [-0.3, -0.25) is 4.79 Å². The van der Waals surface area contributed by atoms with Crippen molar-refractivity contribution in [2.45, 2.75) is 41.7 Å². The van der Waals surface area contributed by atoms with E-state index in [9.17, 15) is 9.00 Å². The first kappa shape index (κ1) is 22.4. The molecule has 0 bridgehead atoms. The fourth-order valence-electron chi connectivity index (χ4n) is 3.17. The minimum Gasteiger partial charge on any atom is -0.490 e. The first-order valence-electron chi connectivity index (χ1n) is 9.79. The highest BCUT2D eigenvalue weighted by atomic mass is 127. The first-order valence-corrected chi connectivity index (χ1v) is 13.2. The molecule has 160 valence electrons. The van der Waals surface area contributed by atoms with Crippen molar-refractivity contribution in [1.29, 1.82) is 0 Å². The van der Waals surface area contributed by atoms with Gasteiger partial charge in [-0.1, -0.05) is 46.9 Å². The van der Waals surface area contributed by atoms with Gasteiger partial charge in [-0.25, -0.2) is 4.21 Å². The first-order chi connectivity index (χ1) is 14.9. The zero-order valence-corrected chi connectivity index (χ0v) is 21.0. The molecule has 0 aliphatic carbocycles. The molecule has 0 spiro atoms. The second-order valence-electron chi connectivity index (χ2n) is 7.40. The van der Waals surface area contributed by atoms with Crippen molar-refractivity contribution >= 4 is 50.3 Å². The Balaban J connectivity index is 1.52. The van der Waals surface area contributed by atoms with Gasteiger partial charge < -0.3 is 9.47 Å². The Hall–Kier alpha value is -1.84. The average molecular weight is 565 g/mol. The largest absolute Gasteiger partial charge is 0.490 e. The number of benzene rings is 3. The molecule has 0 atom stereocenters. The van der Waals surface area contributed by atoms with Crippen molar-refractivity contribution in [2.24, 2.45) is 0 Å². The fourth-order valence-corrected chi connectivity index (χ4v) is 7.55. The van der Waals surface area contributed by atoms with Crippen molar-refractivity contribution in [3.05, 3.63) is 72.8 Å². The number of fused-ring (bicyclic) bond motifs is 2. The summed E-state index contributed by atoms with van der Waals surface area (Å²) in [6.07, 6.45) is 0. The van der Waals surface area contributed by atoms with E-state index in [0.29, 0.717) is 6.61 Å². The Morgan fingerprint density at radius 2 is 1.45 bits per heavy atom. The van der Waals surface area contributed by atoms with Crippen LogP contribution in [0.2, 0.25) is 0 Å². The summed E-state index contributed by atoms with van der Waals surface area (Å²) in [7, 11) is -1.49. The maximum atomic E-state index is 13.1. The van der Waals surface area contributed by atoms with E-state index in [4.69, 9.17) is 9.47 Å². The van der Waals surface area contributed by atoms with Gasteiger partial charge in [0.1, 0.15) is 33.3 Å². The van der Waals surface area contributed by atoms with E-state index in [1.807, 2.05) is 62.4 Å². The lowest BCUT2D eigenvalue weighted by molar-refractivity contribution is -0.145. The highest BCUT2D eigenvalue weighted by Gasteiger charge is 2.40. The molecular formula is C24H22IO4S2+. The summed E-state index contributed by atoms with van der Waals surface area (Å²) in [5.41, 5.74) is 0. The van der Waals surface area contributed by atoms with Crippen LogP contribution in [-0.2, 0) is 31.2 Å². The molecule has 0 N–H and O–H groups in total. The van der Waals surface area contributed by atoms with Crippen molar-refractivity contribution in [1.82, 2.24) is 0 Å². The van der Waals surface area contributed by atoms with Gasteiger partial charge in [0.2, 0.25) is 0 Å². The van der Waals surface area contributed by atoms with Crippen molar-refractivity contribution < 1.29 is 18.5 Å². The molecule has 0 saturated heterocycles. The zero-order chi connectivity index (χ0) is 22.0. The molecular weight excluding hydrogens is 543 g/mol. The lowest BCUT2D eigenvalue weighted by Gasteiger charge is -2.19. The van der Waals surface area contributed by atoms with Crippen molar-refractivity contribution in [3.8, 4) is 5.75 Å². The van der Waals surface area contributed by atoms with Gasteiger partial charge in [0, 0.05) is 0 Å². The van der Waals surface area contributed by atoms with Crippen LogP contribution in [0.3, 0.4) is 0 Å². The smallest absolute Gasteiger partial charge is 0.321 e. The standard InChI is InChI=1S/C24H22IO4S2/c1-24(2,25)23(26)29-16-15-28-17-11-13-18(14-12-17)30-19-7-3-5-9-21(19)31(27)22-10-6-4-8-20(22)30/h3-14H,15-16H2,1-2H3/q+1. The fraction of sp³-hybridized carbons (Fsp3) is 0.208. The number of carbonyl (C=O) groups excluding carboxylic acids is 1. The Morgan fingerprint density at radius 1 is 0.903 bits per heavy atom. The van der Waals surface area contributed by atoms with E-state index < -0.39 is 14.2 Å². The lowest BCUT2D eigenvalue weighted by Crippen LogP contribution is -2.28. The summed E-state index contributed by atoms with van der Waals surface area (Å²) in [6.45, 7) is 4.14. The molecule has 0 fully saturated rings. The van der Waals surface area contributed by atoms with Gasteiger partial charge >= 0.3 is 5.97 Å². The van der Waals surface area contributed by atoms with E-state index >= 15 is 0 Å². The minimum absolute atomic E-state index is 0.212. The maximum absolute atomic E-state index is 13.1. The third kappa shape index (κ3) is 4.83. The second-order valence-corrected chi connectivity index (χ2v) is 13.5. The van der Waals surface area contributed by atoms with Crippen LogP contribution >= 0.6 is 22.6 Å². The third-order valence-electron chi connectivity index (χ3n) is 4.67. The Kier molecular flexibility index (Phi) is 6.74. The molecule has 0 aromatic heterocycles. The predicted octanol–water partition coefficient (Wildman–Crippen LogP) is 5.40. The van der Waals surface area contributed by atoms with Gasteiger partial charge in [0.15, 0.2) is 14.7 Å². The topological polar surface area (TPSA) is 52.6 Å². The highest BCUT2D eigenvalue weighted by molar-refractivity contribution is 14.1. The Labute approximate surface area is 201 Å². The highest BCUT2D eigenvalue weighted by Crippen LogP contribution is 2.43. The molecule has 1 aliphatic rings. The second kappa shape index (κ2) is 9.34. The molecule has 7 heteroatoms. The maximum Gasteiger partial charge on any atom is 0.321 e. The molecule has 1 aliphatic heterocycles. The number of hydrogen-bond donors (Lipinski definition) is 0. The number of halogens is 1. The van der Waals surface area contributed by atoms with E-state index in [2.05, 4.69) is 46.9 Å². The van der Waals surface area contributed by atoms with Gasteiger partial charge in [0.05, 0.1) is 20.6 Å².